The van der Waals surface area contributed by atoms with Crippen molar-refractivity contribution in [3.63, 3.8) is 0 Å². The molecule has 0 aromatic heterocycles. The van der Waals surface area contributed by atoms with Gasteiger partial charge in [0.15, 0.2) is 0 Å². The zero-order chi connectivity index (χ0) is 16.8. The van der Waals surface area contributed by atoms with Crippen LogP contribution in [0.3, 0.4) is 0 Å². The minimum Gasteiger partial charge on any atom is -0.396 e. The van der Waals surface area contributed by atoms with Gasteiger partial charge in [-0.3, -0.25) is 0 Å². The van der Waals surface area contributed by atoms with Gasteiger partial charge < -0.3 is 20.5 Å². The fourth-order valence-corrected chi connectivity index (χ4v) is 2.91. The largest absolute Gasteiger partial charge is 0.396 e. The Balaban J connectivity index is 1.56. The smallest absolute Gasteiger partial charge is 0.319 e. The number of benzene rings is 2. The quantitative estimate of drug-likeness (QED) is 0.764. The maximum atomic E-state index is 12.1. The molecule has 2 aromatic carbocycles. The van der Waals surface area contributed by atoms with Crippen LogP contribution in [0.15, 0.2) is 48.5 Å². The van der Waals surface area contributed by atoms with Crippen LogP contribution in [0.5, 0.6) is 0 Å². The lowest BCUT2D eigenvalue weighted by Crippen LogP contribution is -2.32. The molecule has 2 amide bonds. The molecule has 0 saturated carbocycles. The van der Waals surface area contributed by atoms with Crippen LogP contribution in [0.1, 0.15) is 29.0 Å². The second-order valence-electron chi connectivity index (χ2n) is 5.93. The van der Waals surface area contributed by atoms with Crippen LogP contribution in [0.4, 0.5) is 10.5 Å². The van der Waals surface area contributed by atoms with Crippen LogP contribution < -0.4 is 10.6 Å². The summed E-state index contributed by atoms with van der Waals surface area (Å²) in [5.41, 5.74) is 4.17. The van der Waals surface area contributed by atoms with E-state index in [4.69, 9.17) is 4.74 Å². The molecule has 3 rings (SSSR count). The fraction of sp³-hybridized carbons (Fsp3) is 0.316. The van der Waals surface area contributed by atoms with Gasteiger partial charge >= 0.3 is 6.03 Å². The Morgan fingerprint density at radius 3 is 2.71 bits per heavy atom. The molecule has 0 saturated heterocycles. The molecule has 0 bridgehead atoms. The van der Waals surface area contributed by atoms with Gasteiger partial charge in [-0.2, -0.15) is 0 Å². The number of hydrogen-bond donors (Lipinski definition) is 3. The molecule has 1 aliphatic heterocycles. The lowest BCUT2D eigenvalue weighted by Gasteiger charge is -2.17. The predicted octanol–water partition coefficient (Wildman–Crippen LogP) is 3.00. The minimum atomic E-state index is -0.243. The molecule has 0 aliphatic carbocycles. The number of ether oxygens (including phenoxy) is 1. The van der Waals surface area contributed by atoms with E-state index in [2.05, 4.69) is 10.6 Å². The number of carbonyl (C=O) groups excluding carboxylic acids is 1. The number of amides is 2. The number of fused-ring (bicyclic) bond motifs is 1. The first-order valence-electron chi connectivity index (χ1n) is 8.16. The van der Waals surface area contributed by atoms with Gasteiger partial charge in [-0.05, 0) is 35.2 Å². The average Bonchev–Trinajstić information content (AvgIpc) is 3.07. The van der Waals surface area contributed by atoms with E-state index >= 15 is 0 Å². The van der Waals surface area contributed by atoms with Crippen LogP contribution in [-0.4, -0.2) is 24.3 Å². The third-order valence-corrected chi connectivity index (χ3v) is 4.24. The molecular formula is C19H22N2O3. The number of aliphatic hydroxyl groups is 1. The van der Waals surface area contributed by atoms with Crippen molar-refractivity contribution in [3.05, 3.63) is 65.2 Å². The van der Waals surface area contributed by atoms with Crippen molar-refractivity contribution in [1.29, 1.82) is 0 Å². The van der Waals surface area contributed by atoms with Gasteiger partial charge in [-0.1, -0.05) is 36.4 Å². The Morgan fingerprint density at radius 1 is 1.12 bits per heavy atom. The van der Waals surface area contributed by atoms with Gasteiger partial charge in [0.1, 0.15) is 0 Å². The van der Waals surface area contributed by atoms with Crippen LogP contribution in [-0.2, 0) is 18.0 Å². The van der Waals surface area contributed by atoms with E-state index in [-0.39, 0.29) is 18.6 Å². The number of carbonyl (C=O) groups is 1. The summed E-state index contributed by atoms with van der Waals surface area (Å²) in [6, 6.07) is 15.5. The SMILES string of the molecule is O=C(NCC(CCO)c1ccccc1)Nc1ccc2c(c1)COC2. The summed E-state index contributed by atoms with van der Waals surface area (Å²) in [7, 11) is 0. The Bertz CT molecular complexity index is 688. The van der Waals surface area contributed by atoms with E-state index in [1.807, 2.05) is 48.5 Å². The van der Waals surface area contributed by atoms with Crippen molar-refractivity contribution in [3.8, 4) is 0 Å². The first kappa shape index (κ1) is 16.5. The van der Waals surface area contributed by atoms with Crippen LogP contribution in [0.25, 0.3) is 0 Å². The van der Waals surface area contributed by atoms with Crippen molar-refractivity contribution in [1.82, 2.24) is 5.32 Å². The third-order valence-electron chi connectivity index (χ3n) is 4.24. The molecule has 24 heavy (non-hydrogen) atoms. The van der Waals surface area contributed by atoms with E-state index in [0.717, 1.165) is 16.8 Å². The molecule has 1 unspecified atom stereocenters. The van der Waals surface area contributed by atoms with E-state index in [0.29, 0.717) is 26.2 Å². The Kier molecular flexibility index (Phi) is 5.46. The summed E-state index contributed by atoms with van der Waals surface area (Å²) in [4.78, 5) is 12.1. The molecule has 0 radical (unpaired) electrons. The maximum Gasteiger partial charge on any atom is 0.319 e. The molecule has 1 aliphatic rings. The van der Waals surface area contributed by atoms with E-state index in [9.17, 15) is 9.90 Å². The lowest BCUT2D eigenvalue weighted by atomic mass is 9.96. The molecule has 126 valence electrons. The number of urea groups is 1. The number of hydrogen-bond acceptors (Lipinski definition) is 3. The number of nitrogens with one attached hydrogen (secondary N) is 2. The van der Waals surface area contributed by atoms with Crippen LogP contribution >= 0.6 is 0 Å². The van der Waals surface area contributed by atoms with Crippen molar-refractivity contribution in [2.75, 3.05) is 18.5 Å². The van der Waals surface area contributed by atoms with Gasteiger partial charge in [-0.25, -0.2) is 4.79 Å². The van der Waals surface area contributed by atoms with E-state index < -0.39 is 0 Å². The zero-order valence-corrected chi connectivity index (χ0v) is 13.5. The summed E-state index contributed by atoms with van der Waals surface area (Å²) < 4.78 is 5.38. The summed E-state index contributed by atoms with van der Waals surface area (Å²) in [5.74, 6) is 0.0929. The molecule has 0 fully saturated rings. The van der Waals surface area contributed by atoms with Crippen LogP contribution in [0.2, 0.25) is 0 Å². The predicted molar refractivity (Wildman–Crippen MR) is 92.8 cm³/mol. The summed E-state index contributed by atoms with van der Waals surface area (Å²) >= 11 is 0. The molecular weight excluding hydrogens is 304 g/mol. The third kappa shape index (κ3) is 4.13. The first-order valence-corrected chi connectivity index (χ1v) is 8.16. The topological polar surface area (TPSA) is 70.6 Å². The van der Waals surface area contributed by atoms with Crippen molar-refractivity contribution < 1.29 is 14.6 Å². The first-order chi connectivity index (χ1) is 11.8. The lowest BCUT2D eigenvalue weighted by molar-refractivity contribution is 0.134. The molecule has 1 heterocycles. The van der Waals surface area contributed by atoms with Gasteiger partial charge in [0.25, 0.3) is 0 Å². The van der Waals surface area contributed by atoms with Crippen molar-refractivity contribution >= 4 is 11.7 Å². The highest BCUT2D eigenvalue weighted by atomic mass is 16.5. The molecule has 2 aromatic rings. The van der Waals surface area contributed by atoms with Gasteiger partial charge in [0, 0.05) is 24.8 Å². The van der Waals surface area contributed by atoms with E-state index in [1.54, 1.807) is 0 Å². The fourth-order valence-electron chi connectivity index (χ4n) is 2.91. The Morgan fingerprint density at radius 2 is 1.92 bits per heavy atom. The second-order valence-corrected chi connectivity index (χ2v) is 5.93. The summed E-state index contributed by atoms with van der Waals surface area (Å²) in [6.07, 6.45) is 0.612. The number of rotatable bonds is 6. The highest BCUT2D eigenvalue weighted by Gasteiger charge is 2.14. The van der Waals surface area contributed by atoms with Gasteiger partial charge in [0.05, 0.1) is 13.2 Å². The Labute approximate surface area is 141 Å². The monoisotopic (exact) mass is 326 g/mol. The molecule has 0 spiro atoms. The molecule has 1 atom stereocenters. The summed E-state index contributed by atoms with van der Waals surface area (Å²) in [6.45, 7) is 1.80. The highest BCUT2D eigenvalue weighted by Crippen LogP contribution is 2.23. The molecule has 5 nitrogen and oxygen atoms in total. The van der Waals surface area contributed by atoms with E-state index in [1.165, 1.54) is 5.56 Å². The van der Waals surface area contributed by atoms with Crippen LogP contribution in [0, 0.1) is 0 Å². The Hall–Kier alpha value is -2.37. The van der Waals surface area contributed by atoms with Crippen molar-refractivity contribution in [2.24, 2.45) is 0 Å². The highest BCUT2D eigenvalue weighted by molar-refractivity contribution is 5.89. The van der Waals surface area contributed by atoms with Crippen molar-refractivity contribution in [2.45, 2.75) is 25.6 Å². The average molecular weight is 326 g/mol. The van der Waals surface area contributed by atoms with Gasteiger partial charge in [0.2, 0.25) is 0 Å². The minimum absolute atomic E-state index is 0.0910. The summed E-state index contributed by atoms with van der Waals surface area (Å²) in [5, 5.41) is 15.0. The second kappa shape index (κ2) is 7.95. The van der Waals surface area contributed by atoms with Gasteiger partial charge in [-0.15, -0.1) is 0 Å². The zero-order valence-electron chi connectivity index (χ0n) is 13.5. The normalized spacial score (nSPS) is 14.0. The maximum absolute atomic E-state index is 12.1. The number of anilines is 1. The standard InChI is InChI=1S/C19H22N2O3/c22-9-8-15(14-4-2-1-3-5-14)11-20-19(23)21-18-7-6-16-12-24-13-17(16)10-18/h1-7,10,15,22H,8-9,11-13H2,(H2,20,21,23). The molecule has 3 N–H and O–H groups in total. The molecule has 5 heteroatoms. The number of aliphatic hydroxyl groups excluding tert-OH is 1.